The molecule has 4 unspecified atom stereocenters. The third-order valence-electron chi connectivity index (χ3n) is 3.55. The molecule has 2 fully saturated rings. The van der Waals surface area contributed by atoms with Gasteiger partial charge in [-0.2, -0.15) is 0 Å². The minimum atomic E-state index is -0.981. The molecule has 2 rings (SSSR count). The molecule has 0 radical (unpaired) electrons. The van der Waals surface area contributed by atoms with Crippen molar-refractivity contribution in [2.75, 3.05) is 6.61 Å². The van der Waals surface area contributed by atoms with Crippen LogP contribution in [0.25, 0.3) is 0 Å². The highest BCUT2D eigenvalue weighted by Gasteiger charge is 2.57. The Labute approximate surface area is 87.7 Å². The van der Waals surface area contributed by atoms with E-state index in [1.54, 1.807) is 0 Å². The number of aliphatic hydroxyl groups is 2. The van der Waals surface area contributed by atoms with Crippen molar-refractivity contribution in [2.24, 2.45) is 5.41 Å². The maximum Gasteiger partial charge on any atom is 0.312 e. The van der Waals surface area contributed by atoms with Gasteiger partial charge in [0.05, 0.1) is 30.3 Å². The van der Waals surface area contributed by atoms with Gasteiger partial charge in [0.15, 0.2) is 0 Å². The lowest BCUT2D eigenvalue weighted by molar-refractivity contribution is -0.155. The number of carbonyl (C=O) groups is 1. The van der Waals surface area contributed by atoms with E-state index >= 15 is 0 Å². The fraction of sp³-hybridized carbons (Fsp3) is 0.900. The second-order valence-corrected chi connectivity index (χ2v) is 4.53. The molecule has 2 saturated heterocycles. The lowest BCUT2D eigenvalue weighted by Crippen LogP contribution is -2.43. The predicted molar refractivity (Wildman–Crippen MR) is 50.3 cm³/mol. The zero-order chi connectivity index (χ0) is 11.1. The molecule has 0 aromatic carbocycles. The normalized spacial score (nSPS) is 40.7. The molecular formula is C10H16O5. The van der Waals surface area contributed by atoms with Gasteiger partial charge in [-0.3, -0.25) is 4.79 Å². The first-order chi connectivity index (χ1) is 7.08. The molecule has 2 aliphatic rings. The number of ether oxygens (including phenoxy) is 1. The van der Waals surface area contributed by atoms with Crippen molar-refractivity contribution in [2.45, 2.75) is 44.0 Å². The van der Waals surface area contributed by atoms with Gasteiger partial charge in [-0.15, -0.1) is 0 Å². The maximum atomic E-state index is 11.3. The number of hydrogen-bond donors (Lipinski definition) is 3. The molecule has 0 aromatic rings. The Kier molecular flexibility index (Phi) is 2.70. The van der Waals surface area contributed by atoms with Crippen LogP contribution in [0.15, 0.2) is 0 Å². The highest BCUT2D eigenvalue weighted by Crippen LogP contribution is 2.50. The number of carboxylic acids is 1. The van der Waals surface area contributed by atoms with Gasteiger partial charge in [0, 0.05) is 0 Å². The first kappa shape index (κ1) is 10.9. The van der Waals surface area contributed by atoms with Crippen molar-refractivity contribution in [3.63, 3.8) is 0 Å². The Morgan fingerprint density at radius 2 is 2.27 bits per heavy atom. The first-order valence-electron chi connectivity index (χ1n) is 5.26. The highest BCUT2D eigenvalue weighted by molar-refractivity contribution is 5.76. The third-order valence-corrected chi connectivity index (χ3v) is 3.55. The summed E-state index contributed by atoms with van der Waals surface area (Å²) in [6, 6.07) is 0. The van der Waals surface area contributed by atoms with E-state index in [2.05, 4.69) is 0 Å². The smallest absolute Gasteiger partial charge is 0.312 e. The van der Waals surface area contributed by atoms with Crippen molar-refractivity contribution in [3.8, 4) is 0 Å². The minimum Gasteiger partial charge on any atom is -0.481 e. The molecule has 0 saturated carbocycles. The van der Waals surface area contributed by atoms with Crippen LogP contribution in [0.2, 0.25) is 0 Å². The number of fused-ring (bicyclic) bond motifs is 2. The molecule has 86 valence electrons. The fourth-order valence-electron chi connectivity index (χ4n) is 2.81. The zero-order valence-corrected chi connectivity index (χ0v) is 8.43. The molecule has 5 heteroatoms. The van der Waals surface area contributed by atoms with Crippen LogP contribution in [-0.4, -0.2) is 46.2 Å². The topological polar surface area (TPSA) is 87.0 Å². The van der Waals surface area contributed by atoms with Crippen LogP contribution in [0.1, 0.15) is 25.7 Å². The van der Waals surface area contributed by atoms with Gasteiger partial charge in [-0.1, -0.05) is 0 Å². The van der Waals surface area contributed by atoms with Crippen LogP contribution in [-0.2, 0) is 9.53 Å². The summed E-state index contributed by atoms with van der Waals surface area (Å²) in [5, 5.41) is 27.4. The Bertz CT molecular complexity index is 267. The Morgan fingerprint density at radius 1 is 1.53 bits per heavy atom. The maximum absolute atomic E-state index is 11.3. The summed E-state index contributed by atoms with van der Waals surface area (Å²) in [5.74, 6) is -0.915. The summed E-state index contributed by atoms with van der Waals surface area (Å²) in [7, 11) is 0. The number of rotatable bonds is 4. The highest BCUT2D eigenvalue weighted by atomic mass is 16.5. The number of aliphatic carboxylic acids is 1. The molecule has 4 atom stereocenters. The third kappa shape index (κ3) is 1.64. The van der Waals surface area contributed by atoms with Gasteiger partial charge >= 0.3 is 5.97 Å². The van der Waals surface area contributed by atoms with E-state index in [1.165, 1.54) is 0 Å². The Hall–Kier alpha value is -0.650. The molecule has 0 aromatic heterocycles. The molecule has 5 nitrogen and oxygen atoms in total. The van der Waals surface area contributed by atoms with E-state index in [4.69, 9.17) is 9.84 Å². The van der Waals surface area contributed by atoms with Crippen molar-refractivity contribution in [3.05, 3.63) is 0 Å². The van der Waals surface area contributed by atoms with Crippen molar-refractivity contribution < 1.29 is 24.9 Å². The van der Waals surface area contributed by atoms with Crippen molar-refractivity contribution >= 4 is 5.97 Å². The lowest BCUT2D eigenvalue weighted by Gasteiger charge is -2.32. The van der Waals surface area contributed by atoms with Gasteiger partial charge in [0.2, 0.25) is 0 Å². The average Bonchev–Trinajstić information content (AvgIpc) is 2.77. The molecule has 0 amide bonds. The summed E-state index contributed by atoms with van der Waals surface area (Å²) >= 11 is 0. The van der Waals surface area contributed by atoms with Crippen LogP contribution in [0.4, 0.5) is 0 Å². The van der Waals surface area contributed by atoms with Crippen LogP contribution < -0.4 is 0 Å². The van der Waals surface area contributed by atoms with E-state index in [-0.39, 0.29) is 18.6 Å². The lowest BCUT2D eigenvalue weighted by atomic mass is 9.70. The molecule has 15 heavy (non-hydrogen) atoms. The second kappa shape index (κ2) is 3.73. The van der Waals surface area contributed by atoms with Crippen molar-refractivity contribution in [1.82, 2.24) is 0 Å². The molecule has 2 heterocycles. The largest absolute Gasteiger partial charge is 0.481 e. The zero-order valence-electron chi connectivity index (χ0n) is 8.43. The van der Waals surface area contributed by atoms with Gasteiger partial charge in [-0.25, -0.2) is 0 Å². The number of hydrogen-bond acceptors (Lipinski definition) is 4. The summed E-state index contributed by atoms with van der Waals surface area (Å²) in [6.45, 7) is -0.396. The molecule has 0 spiro atoms. The van der Waals surface area contributed by atoms with Crippen LogP contribution in [0.3, 0.4) is 0 Å². The second-order valence-electron chi connectivity index (χ2n) is 4.53. The van der Waals surface area contributed by atoms with Crippen LogP contribution in [0.5, 0.6) is 0 Å². The van der Waals surface area contributed by atoms with E-state index in [0.29, 0.717) is 6.42 Å². The molecule has 0 aliphatic carbocycles. The summed E-state index contributed by atoms with van der Waals surface area (Å²) in [6.07, 6.45) is 0.968. The Balaban J connectivity index is 2.15. The summed E-state index contributed by atoms with van der Waals surface area (Å²) in [5.41, 5.74) is -0.981. The quantitative estimate of drug-likeness (QED) is 0.603. The van der Waals surface area contributed by atoms with Gasteiger partial charge in [0.25, 0.3) is 0 Å². The van der Waals surface area contributed by atoms with Gasteiger partial charge in [0.1, 0.15) is 0 Å². The minimum absolute atomic E-state index is 0.0250. The monoisotopic (exact) mass is 216 g/mol. The van der Waals surface area contributed by atoms with Crippen LogP contribution >= 0.6 is 0 Å². The first-order valence-corrected chi connectivity index (χ1v) is 5.26. The van der Waals surface area contributed by atoms with Crippen molar-refractivity contribution in [1.29, 1.82) is 0 Å². The molecular weight excluding hydrogens is 200 g/mol. The SMILES string of the molecule is O=C(O)C1(CC(O)CO)CC2CCC1O2. The van der Waals surface area contributed by atoms with Gasteiger partial charge < -0.3 is 20.1 Å². The average molecular weight is 216 g/mol. The molecule has 2 aliphatic heterocycles. The Morgan fingerprint density at radius 3 is 2.67 bits per heavy atom. The van der Waals surface area contributed by atoms with E-state index in [0.717, 1.165) is 12.8 Å². The summed E-state index contributed by atoms with van der Waals surface area (Å²) in [4.78, 5) is 11.3. The van der Waals surface area contributed by atoms with E-state index in [9.17, 15) is 15.0 Å². The number of carboxylic acid groups (broad SMARTS) is 1. The molecule has 3 N–H and O–H groups in total. The van der Waals surface area contributed by atoms with E-state index < -0.39 is 24.1 Å². The number of aliphatic hydroxyl groups excluding tert-OH is 2. The van der Waals surface area contributed by atoms with E-state index in [1.807, 2.05) is 0 Å². The standard InChI is InChI=1S/C10H16O5/c11-5-6(12)3-10(9(13)14)4-7-1-2-8(10)15-7/h6-8,11-12H,1-5H2,(H,13,14). The predicted octanol–water partition coefficient (Wildman–Crippen LogP) is -0.248. The van der Waals surface area contributed by atoms with Gasteiger partial charge in [-0.05, 0) is 25.7 Å². The summed E-state index contributed by atoms with van der Waals surface area (Å²) < 4.78 is 5.52. The van der Waals surface area contributed by atoms with Crippen LogP contribution in [0, 0.1) is 5.41 Å². The molecule has 2 bridgehead atoms. The fourth-order valence-corrected chi connectivity index (χ4v) is 2.81.